The van der Waals surface area contributed by atoms with Crippen molar-refractivity contribution >= 4 is 12.3 Å². The monoisotopic (exact) mass is 355 g/mol. The Hall–Kier alpha value is -0.900. The number of nitrogens with zero attached hydrogens (tertiary/aromatic N) is 1. The highest BCUT2D eigenvalue weighted by Crippen LogP contribution is 2.16. The van der Waals surface area contributed by atoms with Gasteiger partial charge in [-0.05, 0) is 32.7 Å². The van der Waals surface area contributed by atoms with E-state index in [1.807, 2.05) is 0 Å². The van der Waals surface area contributed by atoms with E-state index in [9.17, 15) is 9.59 Å². The van der Waals surface area contributed by atoms with E-state index in [1.165, 1.54) is 57.8 Å². The molecule has 25 heavy (non-hydrogen) atoms. The van der Waals surface area contributed by atoms with Crippen LogP contribution in [0.2, 0.25) is 0 Å². The van der Waals surface area contributed by atoms with Gasteiger partial charge in [0.15, 0.2) is 0 Å². The van der Waals surface area contributed by atoms with Crippen molar-refractivity contribution in [3.63, 3.8) is 0 Å². The fraction of sp³-hybridized carbons (Fsp3) is 0.905. The van der Waals surface area contributed by atoms with Crippen LogP contribution in [-0.4, -0.2) is 43.4 Å². The summed E-state index contributed by atoms with van der Waals surface area (Å²) in [5, 5.41) is 0. The van der Waals surface area contributed by atoms with Gasteiger partial charge in [0.05, 0.1) is 13.1 Å². The van der Waals surface area contributed by atoms with Crippen molar-refractivity contribution in [2.24, 2.45) is 0 Å². The van der Waals surface area contributed by atoms with Crippen LogP contribution in [0.3, 0.4) is 0 Å². The zero-order chi connectivity index (χ0) is 18.8. The Morgan fingerprint density at radius 3 is 1.84 bits per heavy atom. The van der Waals surface area contributed by atoms with Crippen molar-refractivity contribution in [1.82, 2.24) is 4.90 Å². The van der Waals surface area contributed by atoms with Gasteiger partial charge < -0.3 is 9.53 Å². The van der Waals surface area contributed by atoms with Crippen molar-refractivity contribution in [3.8, 4) is 0 Å². The molecule has 0 bridgehead atoms. The number of hydrogen-bond donors (Lipinski definition) is 0. The molecular weight excluding hydrogens is 314 g/mol. The van der Waals surface area contributed by atoms with Gasteiger partial charge in [0.1, 0.15) is 12.4 Å². The third kappa shape index (κ3) is 16.3. The van der Waals surface area contributed by atoms with Crippen LogP contribution in [0.4, 0.5) is 0 Å². The lowest BCUT2D eigenvalue weighted by molar-refractivity contribution is -0.150. The van der Waals surface area contributed by atoms with Crippen molar-refractivity contribution in [3.05, 3.63) is 0 Å². The highest BCUT2D eigenvalue weighted by Gasteiger charge is 2.15. The summed E-state index contributed by atoms with van der Waals surface area (Å²) in [5.74, 6) is -0.200. The molecule has 0 aliphatic carbocycles. The number of aldehydes is 1. The van der Waals surface area contributed by atoms with Crippen LogP contribution >= 0.6 is 0 Å². The second kappa shape index (κ2) is 17.9. The van der Waals surface area contributed by atoms with Gasteiger partial charge in [-0.3, -0.25) is 9.69 Å². The molecule has 0 rings (SSSR count). The summed E-state index contributed by atoms with van der Waals surface area (Å²) in [5.41, 5.74) is 0. The number of carbonyl (C=O) groups excluding carboxylic acids is 2. The molecule has 0 heterocycles. The van der Waals surface area contributed by atoms with Crippen LogP contribution in [0.15, 0.2) is 0 Å². The van der Waals surface area contributed by atoms with Crippen molar-refractivity contribution < 1.29 is 14.3 Å². The van der Waals surface area contributed by atoms with E-state index in [4.69, 9.17) is 4.74 Å². The van der Waals surface area contributed by atoms with Crippen LogP contribution in [0.25, 0.3) is 0 Å². The summed E-state index contributed by atoms with van der Waals surface area (Å²) < 4.78 is 5.71. The lowest BCUT2D eigenvalue weighted by Crippen LogP contribution is -2.31. The summed E-state index contributed by atoms with van der Waals surface area (Å²) in [6.07, 6.45) is 16.5. The molecule has 1 unspecified atom stereocenters. The highest BCUT2D eigenvalue weighted by molar-refractivity contribution is 5.72. The Balaban J connectivity index is 4.12. The minimum Gasteiger partial charge on any atom is -0.461 e. The van der Waals surface area contributed by atoms with Gasteiger partial charge in [-0.2, -0.15) is 0 Å². The molecule has 0 fully saturated rings. The third-order valence-corrected chi connectivity index (χ3v) is 4.59. The summed E-state index contributed by atoms with van der Waals surface area (Å²) in [6.45, 7) is 4.92. The second-order valence-corrected chi connectivity index (χ2v) is 7.23. The number of hydrogen-bond acceptors (Lipinski definition) is 4. The standard InChI is InChI=1S/C21H41NO3/c1-4-6-8-10-12-14-16-20(15-13-11-9-7-5-2)25-21(24)19-22(3)17-18-23/h18,20H,4-17,19H2,1-3H3. The maximum atomic E-state index is 12.1. The van der Waals surface area contributed by atoms with Gasteiger partial charge in [0.25, 0.3) is 0 Å². The van der Waals surface area contributed by atoms with Gasteiger partial charge in [-0.1, -0.05) is 71.6 Å². The molecule has 0 radical (unpaired) electrons. The molecule has 0 aromatic heterocycles. The molecule has 0 aromatic carbocycles. The lowest BCUT2D eigenvalue weighted by Gasteiger charge is -2.20. The molecule has 0 N–H and O–H groups in total. The molecule has 0 saturated carbocycles. The van der Waals surface area contributed by atoms with E-state index in [0.717, 1.165) is 32.0 Å². The number of carbonyl (C=O) groups is 2. The quantitative estimate of drug-likeness (QED) is 0.194. The van der Waals surface area contributed by atoms with E-state index in [0.29, 0.717) is 0 Å². The zero-order valence-corrected chi connectivity index (χ0v) is 16.9. The number of esters is 1. The predicted octanol–water partition coefficient (Wildman–Crippen LogP) is 5.14. The lowest BCUT2D eigenvalue weighted by atomic mass is 10.0. The number of likely N-dealkylation sites (N-methyl/N-ethyl adjacent to an activating group) is 1. The number of rotatable bonds is 18. The predicted molar refractivity (Wildman–Crippen MR) is 105 cm³/mol. The van der Waals surface area contributed by atoms with Crippen LogP contribution in [0.5, 0.6) is 0 Å². The van der Waals surface area contributed by atoms with Crippen molar-refractivity contribution in [2.75, 3.05) is 20.1 Å². The summed E-state index contributed by atoms with van der Waals surface area (Å²) in [7, 11) is 1.77. The highest BCUT2D eigenvalue weighted by atomic mass is 16.5. The first-order chi connectivity index (χ1) is 12.1. The minimum absolute atomic E-state index is 0.0462. The molecule has 0 aliphatic rings. The number of ether oxygens (including phenoxy) is 1. The zero-order valence-electron chi connectivity index (χ0n) is 16.9. The molecule has 4 nitrogen and oxygen atoms in total. The Morgan fingerprint density at radius 2 is 1.36 bits per heavy atom. The van der Waals surface area contributed by atoms with Gasteiger partial charge in [0.2, 0.25) is 0 Å². The maximum absolute atomic E-state index is 12.1. The van der Waals surface area contributed by atoms with Gasteiger partial charge >= 0.3 is 5.97 Å². The maximum Gasteiger partial charge on any atom is 0.320 e. The average Bonchev–Trinajstić information content (AvgIpc) is 2.57. The number of unbranched alkanes of at least 4 members (excludes halogenated alkanes) is 9. The summed E-state index contributed by atoms with van der Waals surface area (Å²) >= 11 is 0. The Morgan fingerprint density at radius 1 is 0.880 bits per heavy atom. The Labute approximate surface area is 155 Å². The van der Waals surface area contributed by atoms with Crippen molar-refractivity contribution in [1.29, 1.82) is 0 Å². The van der Waals surface area contributed by atoms with Gasteiger partial charge in [0, 0.05) is 0 Å². The molecule has 148 valence electrons. The third-order valence-electron chi connectivity index (χ3n) is 4.59. The molecule has 0 saturated heterocycles. The molecule has 0 aliphatic heterocycles. The molecule has 0 spiro atoms. The largest absolute Gasteiger partial charge is 0.461 e. The fourth-order valence-corrected chi connectivity index (χ4v) is 3.03. The first-order valence-electron chi connectivity index (χ1n) is 10.5. The van der Waals surface area contributed by atoms with Crippen LogP contribution in [0, 0.1) is 0 Å². The Bertz CT molecular complexity index is 320. The van der Waals surface area contributed by atoms with Crippen molar-refractivity contribution in [2.45, 2.75) is 103 Å². The molecular formula is C21H41NO3. The topological polar surface area (TPSA) is 46.6 Å². The van der Waals surface area contributed by atoms with E-state index < -0.39 is 0 Å². The van der Waals surface area contributed by atoms with Crippen LogP contribution in [0.1, 0.15) is 97.3 Å². The SMILES string of the molecule is CCCCCCCCC(CCCCCCC)OC(=O)CN(C)CC=O. The normalized spacial score (nSPS) is 12.3. The average molecular weight is 356 g/mol. The van der Waals surface area contributed by atoms with E-state index >= 15 is 0 Å². The smallest absolute Gasteiger partial charge is 0.320 e. The second-order valence-electron chi connectivity index (χ2n) is 7.23. The van der Waals surface area contributed by atoms with Crippen LogP contribution < -0.4 is 0 Å². The van der Waals surface area contributed by atoms with Crippen LogP contribution in [-0.2, 0) is 14.3 Å². The van der Waals surface area contributed by atoms with Gasteiger partial charge in [-0.15, -0.1) is 0 Å². The molecule has 0 aromatic rings. The van der Waals surface area contributed by atoms with E-state index in [1.54, 1.807) is 11.9 Å². The Kier molecular flexibility index (Phi) is 17.3. The molecule has 4 heteroatoms. The summed E-state index contributed by atoms with van der Waals surface area (Å²) in [4.78, 5) is 24.3. The van der Waals surface area contributed by atoms with E-state index in [-0.39, 0.29) is 25.2 Å². The molecule has 1 atom stereocenters. The molecule has 0 amide bonds. The van der Waals surface area contributed by atoms with Gasteiger partial charge in [-0.25, -0.2) is 0 Å². The van der Waals surface area contributed by atoms with E-state index in [2.05, 4.69) is 13.8 Å². The minimum atomic E-state index is -0.200. The summed E-state index contributed by atoms with van der Waals surface area (Å²) in [6, 6.07) is 0. The fourth-order valence-electron chi connectivity index (χ4n) is 3.03. The first kappa shape index (κ1) is 24.1. The first-order valence-corrected chi connectivity index (χ1v) is 10.5.